The van der Waals surface area contributed by atoms with E-state index in [1.165, 1.54) is 0 Å². The van der Waals surface area contributed by atoms with E-state index in [-0.39, 0.29) is 5.91 Å². The van der Waals surface area contributed by atoms with Gasteiger partial charge in [-0.1, -0.05) is 0 Å². The fourth-order valence-corrected chi connectivity index (χ4v) is 1.61. The number of nitrogens with two attached hydrogens (primary N) is 1. The van der Waals surface area contributed by atoms with E-state index in [1.54, 1.807) is 37.1 Å². The van der Waals surface area contributed by atoms with Crippen molar-refractivity contribution in [1.82, 2.24) is 0 Å². The molecule has 0 spiro atoms. The van der Waals surface area contributed by atoms with Crippen molar-refractivity contribution in [3.63, 3.8) is 0 Å². The van der Waals surface area contributed by atoms with Gasteiger partial charge in [-0.2, -0.15) is 0 Å². The number of hydrogen-bond donors (Lipinski definition) is 2. The molecule has 0 aliphatic carbocycles. The molecule has 0 bridgehead atoms. The van der Waals surface area contributed by atoms with Gasteiger partial charge in [0.1, 0.15) is 5.75 Å². The number of rotatable bonds is 1. The van der Waals surface area contributed by atoms with Crippen LogP contribution in [0.15, 0.2) is 18.2 Å². The average Bonchev–Trinajstić information content (AvgIpc) is 2.25. The van der Waals surface area contributed by atoms with Crippen LogP contribution in [0.1, 0.15) is 6.92 Å². The first-order chi connectivity index (χ1) is 7.13. The number of amides is 1. The summed E-state index contributed by atoms with van der Waals surface area (Å²) in [6, 6.07) is 5.37. The van der Waals surface area contributed by atoms with Crippen LogP contribution >= 0.6 is 0 Å². The van der Waals surface area contributed by atoms with Crippen molar-refractivity contribution in [2.45, 2.75) is 13.0 Å². The lowest BCUT2D eigenvalue weighted by molar-refractivity contribution is -0.125. The van der Waals surface area contributed by atoms with Crippen LogP contribution in [0, 0.1) is 0 Å². The van der Waals surface area contributed by atoms with Crippen LogP contribution in [0.25, 0.3) is 0 Å². The predicted molar refractivity (Wildman–Crippen MR) is 57.8 cm³/mol. The Hall–Kier alpha value is -1.75. The Morgan fingerprint density at radius 1 is 1.53 bits per heavy atom. The number of carbonyl (C=O) groups excluding carboxylic acids is 1. The second kappa shape index (κ2) is 3.43. The van der Waals surface area contributed by atoms with Crippen molar-refractivity contribution in [2.24, 2.45) is 5.84 Å². The third-order valence-corrected chi connectivity index (χ3v) is 2.47. The van der Waals surface area contributed by atoms with Crippen LogP contribution in [0.4, 0.5) is 11.4 Å². The maximum Gasteiger partial charge on any atom is 0.267 e. The van der Waals surface area contributed by atoms with E-state index in [9.17, 15) is 4.79 Å². The molecular formula is C10H13N3O2. The first-order valence-corrected chi connectivity index (χ1v) is 4.68. The van der Waals surface area contributed by atoms with Crippen molar-refractivity contribution in [3.05, 3.63) is 18.2 Å². The molecule has 1 atom stereocenters. The van der Waals surface area contributed by atoms with Gasteiger partial charge in [-0.25, -0.2) is 0 Å². The van der Waals surface area contributed by atoms with Gasteiger partial charge < -0.3 is 15.1 Å². The van der Waals surface area contributed by atoms with Crippen molar-refractivity contribution >= 4 is 17.3 Å². The van der Waals surface area contributed by atoms with Gasteiger partial charge in [0.2, 0.25) is 0 Å². The number of carbonyl (C=O) groups is 1. The molecule has 1 amide bonds. The van der Waals surface area contributed by atoms with Gasteiger partial charge in [0.05, 0.1) is 11.4 Å². The number of nitrogens with zero attached hydrogens (tertiary/aromatic N) is 1. The Kier molecular flexibility index (Phi) is 2.24. The topological polar surface area (TPSA) is 67.6 Å². The number of nitrogens with one attached hydrogen (secondary N) is 1. The van der Waals surface area contributed by atoms with Gasteiger partial charge in [0.15, 0.2) is 6.10 Å². The van der Waals surface area contributed by atoms with E-state index >= 15 is 0 Å². The van der Waals surface area contributed by atoms with Gasteiger partial charge in [-0.15, -0.1) is 0 Å². The number of fused-ring (bicyclic) bond motifs is 1. The van der Waals surface area contributed by atoms with Crippen molar-refractivity contribution in [3.8, 4) is 5.75 Å². The molecule has 1 aliphatic rings. The number of benzene rings is 1. The molecule has 1 unspecified atom stereocenters. The maximum absolute atomic E-state index is 11.6. The molecule has 0 saturated carbocycles. The van der Waals surface area contributed by atoms with Crippen molar-refractivity contribution in [2.75, 3.05) is 17.4 Å². The summed E-state index contributed by atoms with van der Waals surface area (Å²) in [5.74, 6) is 5.91. The highest BCUT2D eigenvalue weighted by Gasteiger charge is 2.28. The SMILES string of the molecule is CC1Oc2cc(NN)ccc2N(C)C1=O. The normalized spacial score (nSPS) is 19.5. The Labute approximate surface area is 87.8 Å². The molecule has 1 heterocycles. The number of nitrogen functional groups attached to an aromatic ring is 1. The quantitative estimate of drug-likeness (QED) is 0.526. The smallest absolute Gasteiger partial charge is 0.267 e. The average molecular weight is 207 g/mol. The van der Waals surface area contributed by atoms with Gasteiger partial charge in [0, 0.05) is 13.1 Å². The van der Waals surface area contributed by atoms with Crippen LogP contribution < -0.4 is 20.9 Å². The minimum absolute atomic E-state index is 0.0454. The molecule has 2 rings (SSSR count). The first-order valence-electron chi connectivity index (χ1n) is 4.68. The lowest BCUT2D eigenvalue weighted by Crippen LogP contribution is -2.41. The minimum Gasteiger partial charge on any atom is -0.479 e. The van der Waals surface area contributed by atoms with Gasteiger partial charge in [-0.05, 0) is 19.1 Å². The lowest BCUT2D eigenvalue weighted by Gasteiger charge is -2.30. The van der Waals surface area contributed by atoms with Gasteiger partial charge in [-0.3, -0.25) is 10.6 Å². The standard InChI is InChI=1S/C10H13N3O2/c1-6-10(14)13(2)8-4-3-7(12-11)5-9(8)15-6/h3-6,12H,11H2,1-2H3. The third-order valence-electron chi connectivity index (χ3n) is 2.47. The molecule has 1 aromatic carbocycles. The van der Waals surface area contributed by atoms with Gasteiger partial charge in [0.25, 0.3) is 5.91 Å². The number of anilines is 2. The Balaban J connectivity index is 2.45. The fourth-order valence-electron chi connectivity index (χ4n) is 1.61. The van der Waals surface area contributed by atoms with Crippen LogP contribution in [0.5, 0.6) is 5.75 Å². The van der Waals surface area contributed by atoms with E-state index in [4.69, 9.17) is 10.6 Å². The number of ether oxygens (including phenoxy) is 1. The van der Waals surface area contributed by atoms with Crippen molar-refractivity contribution in [1.29, 1.82) is 0 Å². The minimum atomic E-state index is -0.449. The molecule has 5 heteroatoms. The Bertz CT molecular complexity index is 406. The molecule has 0 aromatic heterocycles. The largest absolute Gasteiger partial charge is 0.479 e. The lowest BCUT2D eigenvalue weighted by atomic mass is 10.2. The van der Waals surface area contributed by atoms with Crippen LogP contribution in [0.2, 0.25) is 0 Å². The summed E-state index contributed by atoms with van der Waals surface area (Å²) in [5.41, 5.74) is 4.05. The zero-order valence-electron chi connectivity index (χ0n) is 8.65. The molecule has 3 N–H and O–H groups in total. The zero-order chi connectivity index (χ0) is 11.0. The molecule has 0 radical (unpaired) electrons. The zero-order valence-corrected chi connectivity index (χ0v) is 8.65. The first kappa shape index (κ1) is 9.79. The molecular weight excluding hydrogens is 194 g/mol. The van der Waals surface area contributed by atoms with Crippen LogP contribution in [0.3, 0.4) is 0 Å². The third kappa shape index (κ3) is 1.50. The number of hydrazine groups is 1. The summed E-state index contributed by atoms with van der Waals surface area (Å²) in [6.07, 6.45) is -0.449. The van der Waals surface area contributed by atoms with E-state index in [1.807, 2.05) is 0 Å². The molecule has 80 valence electrons. The van der Waals surface area contributed by atoms with Crippen molar-refractivity contribution < 1.29 is 9.53 Å². The maximum atomic E-state index is 11.6. The number of hydrogen-bond acceptors (Lipinski definition) is 4. The van der Waals surface area contributed by atoms with Crippen LogP contribution in [-0.4, -0.2) is 19.1 Å². The second-order valence-electron chi connectivity index (χ2n) is 3.48. The molecule has 5 nitrogen and oxygen atoms in total. The predicted octanol–water partition coefficient (Wildman–Crippen LogP) is 0.716. The monoisotopic (exact) mass is 207 g/mol. The summed E-state index contributed by atoms with van der Waals surface area (Å²) in [7, 11) is 1.73. The molecule has 1 aromatic rings. The molecule has 15 heavy (non-hydrogen) atoms. The summed E-state index contributed by atoms with van der Waals surface area (Å²) < 4.78 is 5.47. The highest BCUT2D eigenvalue weighted by atomic mass is 16.5. The van der Waals surface area contributed by atoms with E-state index < -0.39 is 6.10 Å². The summed E-state index contributed by atoms with van der Waals surface area (Å²) in [5, 5.41) is 0. The second-order valence-corrected chi connectivity index (χ2v) is 3.48. The van der Waals surface area contributed by atoms with Gasteiger partial charge >= 0.3 is 0 Å². The molecule has 1 aliphatic heterocycles. The molecule has 0 saturated heterocycles. The van der Waals surface area contributed by atoms with E-state index in [2.05, 4.69) is 5.43 Å². The summed E-state index contributed by atoms with van der Waals surface area (Å²) in [6.45, 7) is 1.73. The Morgan fingerprint density at radius 3 is 2.93 bits per heavy atom. The van der Waals surface area contributed by atoms with E-state index in [0.717, 1.165) is 11.4 Å². The summed E-state index contributed by atoms with van der Waals surface area (Å²) >= 11 is 0. The van der Waals surface area contributed by atoms with E-state index in [0.29, 0.717) is 5.75 Å². The highest BCUT2D eigenvalue weighted by molar-refractivity contribution is 5.99. The number of likely N-dealkylation sites (N-methyl/N-ethyl adjacent to an activating group) is 1. The Morgan fingerprint density at radius 2 is 2.27 bits per heavy atom. The summed E-state index contributed by atoms with van der Waals surface area (Å²) in [4.78, 5) is 13.2. The highest BCUT2D eigenvalue weighted by Crippen LogP contribution is 2.34. The molecule has 0 fully saturated rings. The van der Waals surface area contributed by atoms with Crippen LogP contribution in [-0.2, 0) is 4.79 Å². The fraction of sp³-hybridized carbons (Fsp3) is 0.300.